The van der Waals surface area contributed by atoms with Gasteiger partial charge in [0.15, 0.2) is 17.3 Å². The number of rotatable bonds is 3. The van der Waals surface area contributed by atoms with Crippen molar-refractivity contribution in [2.75, 3.05) is 14.2 Å². The van der Waals surface area contributed by atoms with E-state index in [1.807, 2.05) is 32.9 Å². The van der Waals surface area contributed by atoms with Crippen molar-refractivity contribution in [3.8, 4) is 22.9 Å². The molecule has 3 aromatic rings. The summed E-state index contributed by atoms with van der Waals surface area (Å²) in [5.74, 6) is 1.51. The second-order valence-corrected chi connectivity index (χ2v) is 4.86. The smallest absolute Gasteiger partial charge is 0.162 e. The summed E-state index contributed by atoms with van der Waals surface area (Å²) in [7, 11) is 3.17. The molecule has 24 heavy (non-hydrogen) atoms. The summed E-state index contributed by atoms with van der Waals surface area (Å²) in [5.41, 5.74) is 2.34. The number of aromatic nitrogens is 2. The highest BCUT2D eigenvalue weighted by molar-refractivity contribution is 5.86. The molecule has 0 atom stereocenters. The van der Waals surface area contributed by atoms with Gasteiger partial charge in [0.05, 0.1) is 19.7 Å². The van der Waals surface area contributed by atoms with Crippen LogP contribution in [0.3, 0.4) is 0 Å². The zero-order valence-corrected chi connectivity index (χ0v) is 14.6. The minimum atomic E-state index is -0.285. The number of hydrogen-bond acceptors (Lipinski definition) is 4. The van der Waals surface area contributed by atoms with E-state index in [4.69, 9.17) is 9.47 Å². The molecule has 0 bridgehead atoms. The van der Waals surface area contributed by atoms with Crippen LogP contribution >= 0.6 is 0 Å². The van der Waals surface area contributed by atoms with Gasteiger partial charge in [0.2, 0.25) is 0 Å². The Bertz CT molecular complexity index is 833. The quantitative estimate of drug-likeness (QED) is 0.693. The Morgan fingerprint density at radius 2 is 1.46 bits per heavy atom. The van der Waals surface area contributed by atoms with E-state index in [2.05, 4.69) is 9.97 Å². The van der Waals surface area contributed by atoms with Gasteiger partial charge in [0, 0.05) is 22.7 Å². The summed E-state index contributed by atoms with van der Waals surface area (Å²) in [6.45, 7) is 5.91. The molecule has 0 fully saturated rings. The molecule has 0 saturated heterocycles. The average molecular weight is 328 g/mol. The topological polar surface area (TPSA) is 44.2 Å². The first-order valence-corrected chi connectivity index (χ1v) is 7.78. The Morgan fingerprint density at radius 3 is 2.04 bits per heavy atom. The van der Waals surface area contributed by atoms with E-state index in [0.717, 1.165) is 22.2 Å². The maximum absolute atomic E-state index is 13.0. The van der Waals surface area contributed by atoms with Crippen molar-refractivity contribution in [2.24, 2.45) is 0 Å². The summed E-state index contributed by atoms with van der Waals surface area (Å²) >= 11 is 0. The van der Waals surface area contributed by atoms with Gasteiger partial charge in [-0.3, -0.25) is 0 Å². The van der Waals surface area contributed by atoms with E-state index in [-0.39, 0.29) is 5.82 Å². The van der Waals surface area contributed by atoms with Crippen LogP contribution in [-0.4, -0.2) is 24.2 Å². The van der Waals surface area contributed by atoms with Gasteiger partial charge in [-0.2, -0.15) is 0 Å². The first-order chi connectivity index (χ1) is 11.6. The lowest BCUT2D eigenvalue weighted by molar-refractivity contribution is 0.355. The lowest BCUT2D eigenvalue weighted by Crippen LogP contribution is -1.97. The molecule has 0 amide bonds. The van der Waals surface area contributed by atoms with E-state index in [9.17, 15) is 4.39 Å². The number of hydrogen-bond donors (Lipinski definition) is 0. The minimum Gasteiger partial charge on any atom is -0.493 e. The van der Waals surface area contributed by atoms with Crippen LogP contribution in [0.15, 0.2) is 36.4 Å². The van der Waals surface area contributed by atoms with Gasteiger partial charge in [-0.15, -0.1) is 0 Å². The molecule has 1 heterocycles. The van der Waals surface area contributed by atoms with Crippen molar-refractivity contribution in [1.82, 2.24) is 9.97 Å². The third-order valence-corrected chi connectivity index (χ3v) is 3.49. The van der Waals surface area contributed by atoms with Gasteiger partial charge in [-0.05, 0) is 37.3 Å². The number of fused-ring (bicyclic) bond motifs is 1. The second-order valence-electron chi connectivity index (χ2n) is 4.86. The standard InChI is InChI=1S/C17H15FN2O2.C2H6/c1-10-13-8-15(21-2)16(22-3)9-14(13)20-17(19-10)11-4-6-12(18)7-5-11;1-2/h4-9H,1-3H3;1-2H3. The molecule has 2 aromatic carbocycles. The Labute approximate surface area is 141 Å². The van der Waals surface area contributed by atoms with Crippen LogP contribution in [0, 0.1) is 12.7 Å². The molecule has 0 spiro atoms. The molecule has 0 radical (unpaired) electrons. The predicted octanol–water partition coefficient (Wildman–Crippen LogP) is 4.79. The molecule has 0 aliphatic heterocycles. The molecule has 3 rings (SSSR count). The van der Waals surface area contributed by atoms with Gasteiger partial charge in [0.25, 0.3) is 0 Å². The highest BCUT2D eigenvalue weighted by Gasteiger charge is 2.12. The maximum Gasteiger partial charge on any atom is 0.162 e. The van der Waals surface area contributed by atoms with Gasteiger partial charge < -0.3 is 9.47 Å². The van der Waals surface area contributed by atoms with Crippen molar-refractivity contribution in [3.63, 3.8) is 0 Å². The average Bonchev–Trinajstić information content (AvgIpc) is 2.62. The van der Waals surface area contributed by atoms with Crippen molar-refractivity contribution < 1.29 is 13.9 Å². The lowest BCUT2D eigenvalue weighted by Gasteiger charge is -2.11. The Balaban J connectivity index is 0.00000100. The normalized spacial score (nSPS) is 10.1. The van der Waals surface area contributed by atoms with Crippen LogP contribution in [-0.2, 0) is 0 Å². The highest BCUT2D eigenvalue weighted by atomic mass is 19.1. The van der Waals surface area contributed by atoms with E-state index < -0.39 is 0 Å². The number of methoxy groups -OCH3 is 2. The van der Waals surface area contributed by atoms with Crippen molar-refractivity contribution in [3.05, 3.63) is 47.9 Å². The number of benzene rings is 2. The third-order valence-electron chi connectivity index (χ3n) is 3.49. The van der Waals surface area contributed by atoms with Gasteiger partial charge in [-0.1, -0.05) is 13.8 Å². The first-order valence-electron chi connectivity index (χ1n) is 7.78. The molecule has 0 aliphatic rings. The van der Waals surface area contributed by atoms with Crippen molar-refractivity contribution in [2.45, 2.75) is 20.8 Å². The summed E-state index contributed by atoms with van der Waals surface area (Å²) in [6.07, 6.45) is 0. The lowest BCUT2D eigenvalue weighted by atomic mass is 10.1. The van der Waals surface area contributed by atoms with Crippen LogP contribution in [0.2, 0.25) is 0 Å². The van der Waals surface area contributed by atoms with E-state index >= 15 is 0 Å². The van der Waals surface area contributed by atoms with Crippen LogP contribution in [0.5, 0.6) is 11.5 Å². The molecule has 0 unspecified atom stereocenters. The molecular formula is C19H21FN2O2. The molecule has 0 N–H and O–H groups in total. The van der Waals surface area contributed by atoms with Crippen LogP contribution in [0.4, 0.5) is 4.39 Å². The molecule has 4 nitrogen and oxygen atoms in total. The van der Waals surface area contributed by atoms with Crippen LogP contribution in [0.1, 0.15) is 19.5 Å². The molecular weight excluding hydrogens is 307 g/mol. The zero-order chi connectivity index (χ0) is 17.7. The number of nitrogens with zero attached hydrogens (tertiary/aromatic N) is 2. The van der Waals surface area contributed by atoms with Gasteiger partial charge >= 0.3 is 0 Å². The number of aryl methyl sites for hydroxylation is 1. The van der Waals surface area contributed by atoms with Gasteiger partial charge in [-0.25, -0.2) is 14.4 Å². The molecule has 0 aliphatic carbocycles. The Kier molecular flexibility index (Phi) is 5.68. The Hall–Kier alpha value is -2.69. The molecule has 0 saturated carbocycles. The third kappa shape index (κ3) is 3.45. The van der Waals surface area contributed by atoms with E-state index in [1.165, 1.54) is 12.1 Å². The molecule has 1 aromatic heterocycles. The monoisotopic (exact) mass is 328 g/mol. The van der Waals surface area contributed by atoms with Gasteiger partial charge in [0.1, 0.15) is 5.82 Å². The van der Waals surface area contributed by atoms with Crippen LogP contribution < -0.4 is 9.47 Å². The summed E-state index contributed by atoms with van der Waals surface area (Å²) in [6, 6.07) is 9.79. The minimum absolute atomic E-state index is 0.285. The number of halogens is 1. The Morgan fingerprint density at radius 1 is 0.875 bits per heavy atom. The zero-order valence-electron chi connectivity index (χ0n) is 14.6. The number of ether oxygens (including phenoxy) is 2. The first kappa shape index (κ1) is 17.7. The predicted molar refractivity (Wildman–Crippen MR) is 94.1 cm³/mol. The maximum atomic E-state index is 13.0. The fourth-order valence-electron chi connectivity index (χ4n) is 2.34. The largest absolute Gasteiger partial charge is 0.493 e. The summed E-state index contributed by atoms with van der Waals surface area (Å²) in [5, 5.41) is 0.892. The van der Waals surface area contributed by atoms with E-state index in [1.54, 1.807) is 26.4 Å². The summed E-state index contributed by atoms with van der Waals surface area (Å²) in [4.78, 5) is 9.05. The fraction of sp³-hybridized carbons (Fsp3) is 0.263. The summed E-state index contributed by atoms with van der Waals surface area (Å²) < 4.78 is 23.7. The highest BCUT2D eigenvalue weighted by Crippen LogP contribution is 2.33. The van der Waals surface area contributed by atoms with Crippen LogP contribution in [0.25, 0.3) is 22.3 Å². The molecule has 126 valence electrons. The van der Waals surface area contributed by atoms with Crippen molar-refractivity contribution >= 4 is 10.9 Å². The van der Waals surface area contributed by atoms with E-state index in [0.29, 0.717) is 17.3 Å². The van der Waals surface area contributed by atoms with Crippen molar-refractivity contribution in [1.29, 1.82) is 0 Å². The SMILES string of the molecule is CC.COc1cc2nc(-c3ccc(F)cc3)nc(C)c2cc1OC. The molecule has 5 heteroatoms. The fourth-order valence-corrected chi connectivity index (χ4v) is 2.34. The second kappa shape index (κ2) is 7.73.